The molecule has 0 aromatic rings. The molecule has 16 heavy (non-hydrogen) atoms. The van der Waals surface area contributed by atoms with Crippen LogP contribution in [0.5, 0.6) is 0 Å². The van der Waals surface area contributed by atoms with Crippen LogP contribution in [-0.4, -0.2) is 32.2 Å². The molecule has 0 spiro atoms. The third-order valence-corrected chi connectivity index (χ3v) is 3.14. The summed E-state index contributed by atoms with van der Waals surface area (Å²) in [5.74, 6) is -3.89. The second kappa shape index (κ2) is 5.08. The SMILES string of the molecule is CCCCC1(C(=O)OC)COCCC1(F)F. The minimum Gasteiger partial charge on any atom is -0.468 e. The maximum Gasteiger partial charge on any atom is 0.320 e. The van der Waals surface area contributed by atoms with Gasteiger partial charge in [-0.2, -0.15) is 0 Å². The summed E-state index contributed by atoms with van der Waals surface area (Å²) >= 11 is 0. The Kier molecular flexibility index (Phi) is 4.24. The third-order valence-electron chi connectivity index (χ3n) is 3.14. The molecule has 1 fully saturated rings. The smallest absolute Gasteiger partial charge is 0.320 e. The monoisotopic (exact) mass is 236 g/mol. The number of halogens is 2. The molecule has 1 saturated heterocycles. The van der Waals surface area contributed by atoms with Gasteiger partial charge < -0.3 is 9.47 Å². The summed E-state index contributed by atoms with van der Waals surface area (Å²) in [6.45, 7) is 1.65. The zero-order valence-corrected chi connectivity index (χ0v) is 9.72. The minimum atomic E-state index is -3.03. The lowest BCUT2D eigenvalue weighted by atomic mass is 9.75. The van der Waals surface area contributed by atoms with Crippen molar-refractivity contribution in [3.8, 4) is 0 Å². The fourth-order valence-corrected chi connectivity index (χ4v) is 2.03. The molecule has 1 aliphatic heterocycles. The van der Waals surface area contributed by atoms with Gasteiger partial charge in [0, 0.05) is 6.42 Å². The number of esters is 1. The number of ether oxygens (including phenoxy) is 2. The van der Waals surface area contributed by atoms with Gasteiger partial charge in [-0.1, -0.05) is 19.8 Å². The van der Waals surface area contributed by atoms with E-state index >= 15 is 0 Å². The first-order valence-corrected chi connectivity index (χ1v) is 5.54. The van der Waals surface area contributed by atoms with Gasteiger partial charge in [-0.25, -0.2) is 8.78 Å². The second-order valence-corrected chi connectivity index (χ2v) is 4.18. The van der Waals surface area contributed by atoms with Gasteiger partial charge in [0.05, 0.1) is 20.3 Å². The average Bonchev–Trinajstić information content (AvgIpc) is 2.26. The summed E-state index contributed by atoms with van der Waals surface area (Å²) in [7, 11) is 1.14. The molecule has 0 aliphatic carbocycles. The Labute approximate surface area is 94.1 Å². The van der Waals surface area contributed by atoms with E-state index in [0.29, 0.717) is 6.42 Å². The van der Waals surface area contributed by atoms with Crippen LogP contribution in [0.3, 0.4) is 0 Å². The number of unbranched alkanes of at least 4 members (excludes halogenated alkanes) is 1. The highest BCUT2D eigenvalue weighted by atomic mass is 19.3. The molecule has 5 heteroatoms. The summed E-state index contributed by atoms with van der Waals surface area (Å²) < 4.78 is 37.4. The molecule has 0 bridgehead atoms. The van der Waals surface area contributed by atoms with Crippen LogP contribution in [0.25, 0.3) is 0 Å². The first-order valence-electron chi connectivity index (χ1n) is 5.54. The van der Waals surface area contributed by atoms with Crippen molar-refractivity contribution in [2.75, 3.05) is 20.3 Å². The van der Waals surface area contributed by atoms with E-state index in [1.54, 1.807) is 0 Å². The van der Waals surface area contributed by atoms with Crippen molar-refractivity contribution >= 4 is 5.97 Å². The fraction of sp³-hybridized carbons (Fsp3) is 0.909. The molecule has 0 N–H and O–H groups in total. The Morgan fingerprint density at radius 3 is 2.69 bits per heavy atom. The Morgan fingerprint density at radius 1 is 1.50 bits per heavy atom. The quantitative estimate of drug-likeness (QED) is 0.703. The van der Waals surface area contributed by atoms with Crippen molar-refractivity contribution in [3.05, 3.63) is 0 Å². The highest BCUT2D eigenvalue weighted by Crippen LogP contribution is 2.47. The lowest BCUT2D eigenvalue weighted by Crippen LogP contribution is -2.54. The van der Waals surface area contributed by atoms with E-state index < -0.39 is 23.7 Å². The van der Waals surface area contributed by atoms with E-state index in [0.717, 1.165) is 13.5 Å². The van der Waals surface area contributed by atoms with Crippen molar-refractivity contribution in [2.24, 2.45) is 5.41 Å². The Morgan fingerprint density at radius 2 is 2.19 bits per heavy atom. The molecule has 0 aromatic carbocycles. The molecule has 1 unspecified atom stereocenters. The first-order chi connectivity index (χ1) is 7.50. The van der Waals surface area contributed by atoms with E-state index in [4.69, 9.17) is 4.74 Å². The van der Waals surface area contributed by atoms with Crippen LogP contribution in [0.1, 0.15) is 32.6 Å². The summed E-state index contributed by atoms with van der Waals surface area (Å²) in [4.78, 5) is 11.6. The molecule has 3 nitrogen and oxygen atoms in total. The molecule has 1 aliphatic rings. The predicted molar refractivity (Wildman–Crippen MR) is 54.4 cm³/mol. The standard InChI is InChI=1S/C11H18F2O3/c1-3-4-5-10(9(14)15-2)8-16-7-6-11(10,12)13/h3-8H2,1-2H3. The third kappa shape index (κ3) is 2.19. The van der Waals surface area contributed by atoms with Crippen LogP contribution >= 0.6 is 0 Å². The maximum absolute atomic E-state index is 13.9. The first kappa shape index (κ1) is 13.4. The summed E-state index contributed by atoms with van der Waals surface area (Å²) in [5, 5.41) is 0. The van der Waals surface area contributed by atoms with Crippen LogP contribution < -0.4 is 0 Å². The number of carbonyl (C=O) groups is 1. The number of rotatable bonds is 4. The number of hydrogen-bond acceptors (Lipinski definition) is 3. The molecular weight excluding hydrogens is 218 g/mol. The van der Waals surface area contributed by atoms with Crippen LogP contribution in [0.2, 0.25) is 0 Å². The summed E-state index contributed by atoms with van der Waals surface area (Å²) in [5.41, 5.74) is -1.78. The van der Waals surface area contributed by atoms with Gasteiger partial charge in [0.15, 0.2) is 5.41 Å². The van der Waals surface area contributed by atoms with Crippen molar-refractivity contribution in [3.63, 3.8) is 0 Å². The van der Waals surface area contributed by atoms with Gasteiger partial charge in [0.2, 0.25) is 0 Å². The lowest BCUT2D eigenvalue weighted by molar-refractivity contribution is -0.220. The minimum absolute atomic E-state index is 0.00211. The molecule has 1 rings (SSSR count). The van der Waals surface area contributed by atoms with E-state index in [-0.39, 0.29) is 19.6 Å². The van der Waals surface area contributed by atoms with Crippen LogP contribution in [0.4, 0.5) is 8.78 Å². The highest BCUT2D eigenvalue weighted by Gasteiger charge is 2.61. The van der Waals surface area contributed by atoms with Crippen molar-refractivity contribution in [1.82, 2.24) is 0 Å². The largest absolute Gasteiger partial charge is 0.468 e. The Hall–Kier alpha value is -0.710. The van der Waals surface area contributed by atoms with Gasteiger partial charge in [-0.3, -0.25) is 4.79 Å². The van der Waals surface area contributed by atoms with E-state index in [1.807, 2.05) is 6.92 Å². The normalized spacial score (nSPS) is 28.8. The Bertz CT molecular complexity index is 256. The van der Waals surface area contributed by atoms with Gasteiger partial charge >= 0.3 is 5.97 Å². The number of alkyl halides is 2. The summed E-state index contributed by atoms with van der Waals surface area (Å²) in [6.07, 6.45) is 1.03. The van der Waals surface area contributed by atoms with Crippen LogP contribution in [0.15, 0.2) is 0 Å². The van der Waals surface area contributed by atoms with Gasteiger partial charge in [-0.05, 0) is 6.42 Å². The van der Waals surface area contributed by atoms with Gasteiger partial charge in [0.1, 0.15) is 0 Å². The van der Waals surface area contributed by atoms with Gasteiger partial charge in [-0.15, -0.1) is 0 Å². The van der Waals surface area contributed by atoms with E-state index in [1.165, 1.54) is 0 Å². The van der Waals surface area contributed by atoms with Crippen LogP contribution in [0, 0.1) is 5.41 Å². The average molecular weight is 236 g/mol. The molecule has 0 amide bonds. The number of carbonyl (C=O) groups excluding carboxylic acids is 1. The van der Waals surface area contributed by atoms with Crippen LogP contribution in [-0.2, 0) is 14.3 Å². The number of methoxy groups -OCH3 is 1. The molecule has 94 valence electrons. The Balaban J connectivity index is 2.95. The second-order valence-electron chi connectivity index (χ2n) is 4.18. The zero-order valence-electron chi connectivity index (χ0n) is 9.72. The summed E-state index contributed by atoms with van der Waals surface area (Å²) in [6, 6.07) is 0. The zero-order chi connectivity index (χ0) is 12.2. The van der Waals surface area contributed by atoms with Crippen molar-refractivity contribution < 1.29 is 23.0 Å². The molecule has 0 saturated carbocycles. The molecule has 1 atom stereocenters. The highest BCUT2D eigenvalue weighted by molar-refractivity contribution is 5.78. The molecule has 0 radical (unpaired) electrons. The van der Waals surface area contributed by atoms with E-state index in [2.05, 4.69) is 4.74 Å². The maximum atomic E-state index is 13.9. The molecular formula is C11H18F2O3. The predicted octanol–water partition coefficient (Wildman–Crippen LogP) is 2.39. The number of hydrogen-bond donors (Lipinski definition) is 0. The molecule has 0 aromatic heterocycles. The topological polar surface area (TPSA) is 35.5 Å². The van der Waals surface area contributed by atoms with E-state index in [9.17, 15) is 13.6 Å². The van der Waals surface area contributed by atoms with Crippen molar-refractivity contribution in [1.29, 1.82) is 0 Å². The van der Waals surface area contributed by atoms with Crippen molar-refractivity contribution in [2.45, 2.75) is 38.5 Å². The lowest BCUT2D eigenvalue weighted by Gasteiger charge is -2.41. The van der Waals surface area contributed by atoms with Gasteiger partial charge in [0.25, 0.3) is 5.92 Å². The molecule has 1 heterocycles. The fourth-order valence-electron chi connectivity index (χ4n) is 2.03.